The first kappa shape index (κ1) is 12.2. The second-order valence-electron chi connectivity index (χ2n) is 3.92. The van der Waals surface area contributed by atoms with E-state index in [0.29, 0.717) is 25.7 Å². The lowest BCUT2D eigenvalue weighted by Gasteiger charge is -2.19. The van der Waals surface area contributed by atoms with Crippen LogP contribution in [0.5, 0.6) is 0 Å². The van der Waals surface area contributed by atoms with E-state index in [9.17, 15) is 17.6 Å². The van der Waals surface area contributed by atoms with Gasteiger partial charge in [-0.25, -0.2) is 12.8 Å². The molecule has 4 nitrogen and oxygen atoms in total. The van der Waals surface area contributed by atoms with Crippen molar-refractivity contribution in [2.75, 3.05) is 6.54 Å². The molecule has 6 heteroatoms. The van der Waals surface area contributed by atoms with Crippen LogP contribution in [0.25, 0.3) is 0 Å². The van der Waals surface area contributed by atoms with Gasteiger partial charge in [0.1, 0.15) is 12.1 Å². The van der Waals surface area contributed by atoms with Crippen LogP contribution in [0.15, 0.2) is 29.2 Å². The minimum Gasteiger partial charge on any atom is -0.302 e. The predicted molar refractivity (Wildman–Crippen MR) is 59.4 cm³/mol. The Hall–Kier alpha value is -1.27. The van der Waals surface area contributed by atoms with Crippen molar-refractivity contribution in [3.63, 3.8) is 0 Å². The third kappa shape index (κ3) is 2.23. The number of carbonyl (C=O) groups excluding carboxylic acids is 1. The fraction of sp³-hybridized carbons (Fsp3) is 0.364. The number of carbonyl (C=O) groups is 1. The Kier molecular flexibility index (Phi) is 3.26. The van der Waals surface area contributed by atoms with Crippen LogP contribution < -0.4 is 0 Å². The van der Waals surface area contributed by atoms with Crippen LogP contribution in [0.3, 0.4) is 0 Å². The fourth-order valence-corrected chi connectivity index (χ4v) is 3.57. The number of hydrogen-bond donors (Lipinski definition) is 0. The summed E-state index contributed by atoms with van der Waals surface area (Å²) < 4.78 is 38.2. The Morgan fingerprint density at radius 1 is 1.29 bits per heavy atom. The SMILES string of the molecule is O=CC1CCCN1S(=O)(=O)c1ccc(F)cc1. The highest BCUT2D eigenvalue weighted by atomic mass is 32.2. The van der Waals surface area contributed by atoms with Gasteiger partial charge in [-0.3, -0.25) is 0 Å². The standard InChI is InChI=1S/C11H12FNO3S/c12-9-3-5-11(6-4-9)17(15,16)13-7-1-2-10(13)8-14/h3-6,8,10H,1-2,7H2. The molecule has 0 radical (unpaired) electrons. The maximum absolute atomic E-state index is 12.7. The summed E-state index contributed by atoms with van der Waals surface area (Å²) in [5.41, 5.74) is 0. The molecule has 1 aromatic rings. The number of benzene rings is 1. The van der Waals surface area contributed by atoms with Crippen LogP contribution in [-0.2, 0) is 14.8 Å². The number of sulfonamides is 1. The molecular formula is C11H12FNO3S. The molecule has 17 heavy (non-hydrogen) atoms. The summed E-state index contributed by atoms with van der Waals surface area (Å²) in [7, 11) is -3.68. The molecule has 1 aliphatic rings. The van der Waals surface area contributed by atoms with E-state index in [1.54, 1.807) is 0 Å². The normalized spacial score (nSPS) is 21.6. The lowest BCUT2D eigenvalue weighted by atomic mass is 10.2. The van der Waals surface area contributed by atoms with Crippen molar-refractivity contribution in [3.8, 4) is 0 Å². The maximum atomic E-state index is 12.7. The molecule has 92 valence electrons. The molecule has 1 heterocycles. The molecular weight excluding hydrogens is 245 g/mol. The highest BCUT2D eigenvalue weighted by molar-refractivity contribution is 7.89. The Bertz CT molecular complexity index is 512. The van der Waals surface area contributed by atoms with Gasteiger partial charge in [0.25, 0.3) is 0 Å². The van der Waals surface area contributed by atoms with Crippen molar-refractivity contribution in [1.82, 2.24) is 4.31 Å². The first-order valence-electron chi connectivity index (χ1n) is 5.28. The van der Waals surface area contributed by atoms with E-state index in [0.717, 1.165) is 12.1 Å². The average Bonchev–Trinajstić information content (AvgIpc) is 2.78. The summed E-state index contributed by atoms with van der Waals surface area (Å²) in [6.45, 7) is 0.336. The molecule has 0 amide bonds. The predicted octanol–water partition coefficient (Wildman–Crippen LogP) is 1.18. The minimum absolute atomic E-state index is 0.0210. The van der Waals surface area contributed by atoms with Crippen LogP contribution in [0.1, 0.15) is 12.8 Å². The zero-order valence-corrected chi connectivity index (χ0v) is 9.86. The van der Waals surface area contributed by atoms with Crippen molar-refractivity contribution in [2.45, 2.75) is 23.8 Å². The Morgan fingerprint density at radius 3 is 2.53 bits per heavy atom. The van der Waals surface area contributed by atoms with Crippen molar-refractivity contribution in [3.05, 3.63) is 30.1 Å². The summed E-state index contributed by atoms with van der Waals surface area (Å²) in [4.78, 5) is 10.8. The van der Waals surface area contributed by atoms with Crippen LogP contribution >= 0.6 is 0 Å². The summed E-state index contributed by atoms with van der Waals surface area (Å²) in [5, 5.41) is 0. The summed E-state index contributed by atoms with van der Waals surface area (Å²) in [6, 6.07) is 4.03. The molecule has 0 aliphatic carbocycles. The molecule has 0 aromatic heterocycles. The molecule has 1 atom stereocenters. The number of halogens is 1. The monoisotopic (exact) mass is 257 g/mol. The van der Waals surface area contributed by atoms with E-state index < -0.39 is 21.9 Å². The highest BCUT2D eigenvalue weighted by Gasteiger charge is 2.34. The van der Waals surface area contributed by atoms with Crippen molar-refractivity contribution >= 4 is 16.3 Å². The van der Waals surface area contributed by atoms with Crippen LogP contribution in [-0.4, -0.2) is 31.6 Å². The summed E-state index contributed by atoms with van der Waals surface area (Å²) in [5.74, 6) is -0.489. The van der Waals surface area contributed by atoms with Crippen molar-refractivity contribution in [2.24, 2.45) is 0 Å². The van der Waals surface area contributed by atoms with Crippen molar-refractivity contribution in [1.29, 1.82) is 0 Å². The minimum atomic E-state index is -3.68. The van der Waals surface area contributed by atoms with Gasteiger partial charge in [-0.05, 0) is 37.1 Å². The first-order chi connectivity index (χ1) is 8.05. The molecule has 1 unspecified atom stereocenters. The molecule has 0 bridgehead atoms. The van der Waals surface area contributed by atoms with Gasteiger partial charge in [-0.2, -0.15) is 4.31 Å². The Labute approximate surface area is 99.1 Å². The Balaban J connectivity index is 2.36. The van der Waals surface area contributed by atoms with Gasteiger partial charge >= 0.3 is 0 Å². The molecule has 1 aliphatic heterocycles. The topological polar surface area (TPSA) is 54.5 Å². The zero-order chi connectivity index (χ0) is 12.5. The maximum Gasteiger partial charge on any atom is 0.243 e. The second-order valence-corrected chi connectivity index (χ2v) is 5.81. The number of nitrogens with zero attached hydrogens (tertiary/aromatic N) is 1. The number of aldehydes is 1. The van der Waals surface area contributed by atoms with Crippen molar-refractivity contribution < 1.29 is 17.6 Å². The largest absolute Gasteiger partial charge is 0.302 e. The molecule has 2 rings (SSSR count). The van der Waals surface area contributed by atoms with E-state index in [1.165, 1.54) is 16.4 Å². The number of rotatable bonds is 3. The van der Waals surface area contributed by atoms with E-state index in [2.05, 4.69) is 0 Å². The van der Waals surface area contributed by atoms with Gasteiger partial charge in [0.2, 0.25) is 10.0 Å². The van der Waals surface area contributed by atoms with Crippen LogP contribution in [0.4, 0.5) is 4.39 Å². The third-order valence-electron chi connectivity index (χ3n) is 2.83. The van der Waals surface area contributed by atoms with Gasteiger partial charge in [0.15, 0.2) is 0 Å². The average molecular weight is 257 g/mol. The first-order valence-corrected chi connectivity index (χ1v) is 6.72. The quantitative estimate of drug-likeness (QED) is 0.764. The zero-order valence-electron chi connectivity index (χ0n) is 9.04. The Morgan fingerprint density at radius 2 is 1.94 bits per heavy atom. The number of hydrogen-bond acceptors (Lipinski definition) is 3. The molecule has 0 saturated carbocycles. The van der Waals surface area contributed by atoms with Crippen LogP contribution in [0, 0.1) is 5.82 Å². The molecule has 1 saturated heterocycles. The van der Waals surface area contributed by atoms with Gasteiger partial charge in [-0.1, -0.05) is 0 Å². The van der Waals surface area contributed by atoms with E-state index in [1.807, 2.05) is 0 Å². The molecule has 1 aromatic carbocycles. The van der Waals surface area contributed by atoms with Gasteiger partial charge in [-0.15, -0.1) is 0 Å². The smallest absolute Gasteiger partial charge is 0.243 e. The molecule has 0 N–H and O–H groups in total. The third-order valence-corrected chi connectivity index (χ3v) is 4.76. The molecule has 0 spiro atoms. The van der Waals surface area contributed by atoms with E-state index >= 15 is 0 Å². The summed E-state index contributed by atoms with van der Waals surface area (Å²) >= 11 is 0. The van der Waals surface area contributed by atoms with Gasteiger partial charge in [0, 0.05) is 6.54 Å². The lowest BCUT2D eigenvalue weighted by Crippen LogP contribution is -2.36. The second kappa shape index (κ2) is 4.54. The van der Waals surface area contributed by atoms with E-state index in [-0.39, 0.29) is 4.90 Å². The fourth-order valence-electron chi connectivity index (χ4n) is 1.94. The highest BCUT2D eigenvalue weighted by Crippen LogP contribution is 2.24. The van der Waals surface area contributed by atoms with Gasteiger partial charge in [0.05, 0.1) is 10.9 Å². The van der Waals surface area contributed by atoms with E-state index in [4.69, 9.17) is 0 Å². The van der Waals surface area contributed by atoms with Gasteiger partial charge < -0.3 is 4.79 Å². The lowest BCUT2D eigenvalue weighted by molar-refractivity contribution is -0.110. The molecule has 1 fully saturated rings. The van der Waals surface area contributed by atoms with Crippen LogP contribution in [0.2, 0.25) is 0 Å². The summed E-state index contributed by atoms with van der Waals surface area (Å²) in [6.07, 6.45) is 1.86.